The quantitative estimate of drug-likeness (QED) is 0.0262. The zero-order valence-electron chi connectivity index (χ0n) is 43.3. The molecule has 0 aliphatic carbocycles. The molecule has 0 bridgehead atoms. The maximum absolute atomic E-state index is 12.8. The Balaban J connectivity index is 4.40. The van der Waals surface area contributed by atoms with Crippen molar-refractivity contribution in [1.82, 2.24) is 0 Å². The van der Waals surface area contributed by atoms with Crippen LogP contribution in [0.15, 0.2) is 48.6 Å². The Hall–Kier alpha value is -2.63. The Morgan fingerprint density at radius 3 is 0.908 bits per heavy atom. The van der Waals surface area contributed by atoms with Crippen LogP contribution in [0, 0.1) is 0 Å². The molecule has 0 fully saturated rings. The van der Waals surface area contributed by atoms with Gasteiger partial charge in [-0.1, -0.05) is 217 Å². The number of ether oxygens (including phenoxy) is 3. The van der Waals surface area contributed by atoms with Crippen molar-refractivity contribution >= 4 is 17.9 Å². The highest BCUT2D eigenvalue weighted by molar-refractivity contribution is 5.71. The molecule has 0 amide bonds. The highest BCUT2D eigenvalue weighted by atomic mass is 16.6. The van der Waals surface area contributed by atoms with Crippen LogP contribution in [0.5, 0.6) is 0 Å². The van der Waals surface area contributed by atoms with Crippen molar-refractivity contribution in [2.75, 3.05) is 13.2 Å². The van der Waals surface area contributed by atoms with Gasteiger partial charge in [0.1, 0.15) is 13.2 Å². The predicted molar refractivity (Wildman–Crippen MR) is 279 cm³/mol. The number of allylic oxidation sites excluding steroid dienone is 8. The van der Waals surface area contributed by atoms with Gasteiger partial charge in [0.2, 0.25) is 0 Å². The van der Waals surface area contributed by atoms with Gasteiger partial charge in [-0.2, -0.15) is 0 Å². The van der Waals surface area contributed by atoms with Crippen molar-refractivity contribution in [3.63, 3.8) is 0 Å². The van der Waals surface area contributed by atoms with Gasteiger partial charge in [0.05, 0.1) is 0 Å². The molecule has 0 aliphatic rings. The van der Waals surface area contributed by atoms with E-state index in [1.807, 2.05) is 0 Å². The molecule has 0 aromatic carbocycles. The Bertz CT molecular complexity index is 1140. The summed E-state index contributed by atoms with van der Waals surface area (Å²) in [7, 11) is 0. The summed E-state index contributed by atoms with van der Waals surface area (Å²) < 4.78 is 16.8. The van der Waals surface area contributed by atoms with E-state index in [0.717, 1.165) is 96.3 Å². The lowest BCUT2D eigenvalue weighted by Gasteiger charge is -2.18. The van der Waals surface area contributed by atoms with Crippen LogP contribution >= 0.6 is 0 Å². The molecule has 0 N–H and O–H groups in total. The first kappa shape index (κ1) is 62.4. The van der Waals surface area contributed by atoms with E-state index in [1.165, 1.54) is 154 Å². The van der Waals surface area contributed by atoms with Gasteiger partial charge in [0, 0.05) is 19.3 Å². The van der Waals surface area contributed by atoms with Gasteiger partial charge in [0.25, 0.3) is 0 Å². The summed E-state index contributed by atoms with van der Waals surface area (Å²) >= 11 is 0. The summed E-state index contributed by atoms with van der Waals surface area (Å²) in [4.78, 5) is 38.1. The second-order valence-electron chi connectivity index (χ2n) is 18.8. The van der Waals surface area contributed by atoms with Crippen molar-refractivity contribution in [3.05, 3.63) is 48.6 Å². The molecular formula is C59H106O6. The highest BCUT2D eigenvalue weighted by Gasteiger charge is 2.19. The zero-order chi connectivity index (χ0) is 47.2. The topological polar surface area (TPSA) is 78.9 Å². The molecule has 0 saturated carbocycles. The lowest BCUT2D eigenvalue weighted by atomic mass is 10.1. The van der Waals surface area contributed by atoms with Crippen LogP contribution in [0.25, 0.3) is 0 Å². The monoisotopic (exact) mass is 911 g/mol. The summed E-state index contributed by atoms with van der Waals surface area (Å²) in [6.45, 7) is 6.60. The van der Waals surface area contributed by atoms with E-state index in [1.54, 1.807) is 0 Å². The fourth-order valence-electron chi connectivity index (χ4n) is 7.99. The van der Waals surface area contributed by atoms with Gasteiger partial charge in [-0.3, -0.25) is 14.4 Å². The predicted octanol–water partition coefficient (Wildman–Crippen LogP) is 18.7. The second-order valence-corrected chi connectivity index (χ2v) is 18.8. The summed E-state index contributed by atoms with van der Waals surface area (Å²) in [6.07, 6.45) is 65.2. The van der Waals surface area contributed by atoms with Crippen LogP contribution in [-0.4, -0.2) is 37.2 Å². The van der Waals surface area contributed by atoms with Crippen LogP contribution in [0.4, 0.5) is 0 Å². The first-order valence-electron chi connectivity index (χ1n) is 28.1. The summed E-state index contributed by atoms with van der Waals surface area (Å²) in [5.74, 6) is -0.905. The Morgan fingerprint density at radius 1 is 0.308 bits per heavy atom. The number of unbranched alkanes of at least 4 members (excludes halogenated alkanes) is 32. The van der Waals surface area contributed by atoms with Crippen molar-refractivity contribution in [1.29, 1.82) is 0 Å². The van der Waals surface area contributed by atoms with E-state index in [9.17, 15) is 14.4 Å². The highest BCUT2D eigenvalue weighted by Crippen LogP contribution is 2.15. The first-order valence-corrected chi connectivity index (χ1v) is 28.1. The SMILES string of the molecule is CCCCC/C=C\C/C=C\CCCCCCCCCC(=O)OCC(COC(=O)CCCCC/C=C\CCCCCCCCC)OC(=O)CCCCCCC/C=C\CCCCCCCCC. The number of hydrogen-bond donors (Lipinski definition) is 0. The van der Waals surface area contributed by atoms with Crippen molar-refractivity contribution < 1.29 is 28.6 Å². The molecule has 6 nitrogen and oxygen atoms in total. The van der Waals surface area contributed by atoms with Crippen LogP contribution in [0.1, 0.15) is 290 Å². The molecule has 1 unspecified atom stereocenters. The van der Waals surface area contributed by atoms with Crippen molar-refractivity contribution in [3.8, 4) is 0 Å². The number of carbonyl (C=O) groups excluding carboxylic acids is 3. The molecular weight excluding hydrogens is 805 g/mol. The summed E-state index contributed by atoms with van der Waals surface area (Å²) in [5, 5.41) is 0. The van der Waals surface area contributed by atoms with Crippen LogP contribution in [0.3, 0.4) is 0 Å². The minimum Gasteiger partial charge on any atom is -0.462 e. The molecule has 0 rings (SSSR count). The Kier molecular flexibility index (Phi) is 51.8. The third-order valence-electron chi connectivity index (χ3n) is 12.3. The number of esters is 3. The van der Waals surface area contributed by atoms with E-state index < -0.39 is 6.10 Å². The van der Waals surface area contributed by atoms with E-state index in [4.69, 9.17) is 14.2 Å². The fourth-order valence-corrected chi connectivity index (χ4v) is 7.99. The van der Waals surface area contributed by atoms with E-state index in [0.29, 0.717) is 19.3 Å². The molecule has 0 aliphatic heterocycles. The standard InChI is InChI=1S/C59H106O6/c1-4-7-10-13-16-19-22-25-28-30-32-34-37-40-43-46-49-52-58(61)64-55-56(54-63-57(60)51-48-45-42-39-36-33-27-24-21-18-15-12-9-6-3)65-59(62)53-50-47-44-41-38-35-31-29-26-23-20-17-14-11-8-5-2/h16,19,25,28-29,31,33,36,56H,4-15,17-18,20-24,26-27,30,32,34-35,37-55H2,1-3H3/b19-16-,28-25-,31-29-,36-33-. The zero-order valence-corrected chi connectivity index (χ0v) is 43.3. The van der Waals surface area contributed by atoms with Gasteiger partial charge in [0.15, 0.2) is 6.10 Å². The average molecular weight is 911 g/mol. The van der Waals surface area contributed by atoms with Gasteiger partial charge in [-0.25, -0.2) is 0 Å². The third kappa shape index (κ3) is 52.2. The number of carbonyl (C=O) groups is 3. The first-order chi connectivity index (χ1) is 32.0. The minimum atomic E-state index is -0.786. The third-order valence-corrected chi connectivity index (χ3v) is 12.3. The molecule has 0 aromatic heterocycles. The second kappa shape index (κ2) is 54.0. The smallest absolute Gasteiger partial charge is 0.306 e. The van der Waals surface area contributed by atoms with Gasteiger partial charge < -0.3 is 14.2 Å². The van der Waals surface area contributed by atoms with E-state index in [2.05, 4.69) is 69.4 Å². The minimum absolute atomic E-state index is 0.0841. The Labute approximate surface area is 403 Å². The maximum atomic E-state index is 12.8. The molecule has 65 heavy (non-hydrogen) atoms. The largest absolute Gasteiger partial charge is 0.462 e. The van der Waals surface area contributed by atoms with Gasteiger partial charge in [-0.05, 0) is 103 Å². The fraction of sp³-hybridized carbons (Fsp3) is 0.814. The molecule has 0 saturated heterocycles. The summed E-state index contributed by atoms with van der Waals surface area (Å²) in [6, 6.07) is 0. The molecule has 0 radical (unpaired) electrons. The van der Waals surface area contributed by atoms with Gasteiger partial charge >= 0.3 is 17.9 Å². The van der Waals surface area contributed by atoms with Crippen LogP contribution < -0.4 is 0 Å². The molecule has 6 heteroatoms. The molecule has 0 aromatic rings. The number of hydrogen-bond acceptors (Lipinski definition) is 6. The number of rotatable bonds is 51. The van der Waals surface area contributed by atoms with E-state index in [-0.39, 0.29) is 31.1 Å². The van der Waals surface area contributed by atoms with Crippen molar-refractivity contribution in [2.45, 2.75) is 297 Å². The molecule has 1 atom stereocenters. The van der Waals surface area contributed by atoms with Crippen LogP contribution in [0.2, 0.25) is 0 Å². The molecule has 0 heterocycles. The van der Waals surface area contributed by atoms with Gasteiger partial charge in [-0.15, -0.1) is 0 Å². The normalized spacial score (nSPS) is 12.4. The lowest BCUT2D eigenvalue weighted by Crippen LogP contribution is -2.30. The summed E-state index contributed by atoms with van der Waals surface area (Å²) in [5.41, 5.74) is 0. The van der Waals surface area contributed by atoms with Crippen molar-refractivity contribution in [2.24, 2.45) is 0 Å². The lowest BCUT2D eigenvalue weighted by molar-refractivity contribution is -0.167. The molecule has 0 spiro atoms. The average Bonchev–Trinajstić information content (AvgIpc) is 3.30. The Morgan fingerprint density at radius 2 is 0.554 bits per heavy atom. The van der Waals surface area contributed by atoms with Crippen LogP contribution in [-0.2, 0) is 28.6 Å². The maximum Gasteiger partial charge on any atom is 0.306 e. The molecule has 378 valence electrons. The van der Waals surface area contributed by atoms with E-state index >= 15 is 0 Å².